The highest BCUT2D eigenvalue weighted by molar-refractivity contribution is 7.89. The Hall–Kier alpha value is -3.14. The highest BCUT2D eigenvalue weighted by Gasteiger charge is 2.53. The van der Waals surface area contributed by atoms with E-state index in [-0.39, 0.29) is 23.8 Å². The van der Waals surface area contributed by atoms with E-state index in [1.807, 2.05) is 6.07 Å². The minimum Gasteiger partial charge on any atom is -0.465 e. The van der Waals surface area contributed by atoms with E-state index in [1.54, 1.807) is 24.3 Å². The normalized spacial score (nSPS) is 24.7. The molecule has 3 aliphatic rings. The number of nitrogens with zero attached hydrogens (tertiary/aromatic N) is 2. The Bertz CT molecular complexity index is 1370. The van der Waals surface area contributed by atoms with Gasteiger partial charge >= 0.3 is 6.09 Å². The molecular formula is C29H37N3O10S. The number of non-ortho nitro benzene ring substituents is 1. The number of aliphatic hydroxyl groups is 1. The monoisotopic (exact) mass is 619 g/mol. The van der Waals surface area contributed by atoms with Gasteiger partial charge in [-0.3, -0.25) is 15.0 Å². The second kappa shape index (κ2) is 13.7. The SMILES string of the molecule is O=C(O)N[C@@H](Cc1ccccc1)[C@@H](O)C([C@@H]1CO[C@H]2OCC[C@H]21)N(OC1CCCCC1)S(=O)(=O)c1cccc([N+](=O)[O-])c1. The Morgan fingerprint density at radius 2 is 1.84 bits per heavy atom. The fourth-order valence-corrected chi connectivity index (χ4v) is 7.94. The first-order valence-corrected chi connectivity index (χ1v) is 16.0. The van der Waals surface area contributed by atoms with Crippen LogP contribution in [-0.2, 0) is 30.8 Å². The van der Waals surface area contributed by atoms with Crippen molar-refractivity contribution >= 4 is 21.8 Å². The summed E-state index contributed by atoms with van der Waals surface area (Å²) in [5.74, 6) is -0.923. The fraction of sp³-hybridized carbons (Fsp3) is 0.552. The second-order valence-corrected chi connectivity index (χ2v) is 13.1. The van der Waals surface area contributed by atoms with Crippen LogP contribution in [0.4, 0.5) is 10.5 Å². The molecule has 3 N–H and O–H groups in total. The maximum absolute atomic E-state index is 14.4. The first-order valence-electron chi connectivity index (χ1n) is 14.6. The molecule has 6 atom stereocenters. The van der Waals surface area contributed by atoms with Crippen molar-refractivity contribution in [3.63, 3.8) is 0 Å². The predicted molar refractivity (Wildman–Crippen MR) is 152 cm³/mol. The van der Waals surface area contributed by atoms with Crippen LogP contribution in [0.2, 0.25) is 0 Å². The smallest absolute Gasteiger partial charge is 0.404 e. The number of hydrogen-bond acceptors (Lipinski definition) is 9. The molecule has 2 aromatic rings. The van der Waals surface area contributed by atoms with E-state index in [4.69, 9.17) is 14.3 Å². The van der Waals surface area contributed by atoms with Crippen molar-refractivity contribution in [1.29, 1.82) is 0 Å². The highest BCUT2D eigenvalue weighted by atomic mass is 32.2. The predicted octanol–water partition coefficient (Wildman–Crippen LogP) is 3.47. The van der Waals surface area contributed by atoms with E-state index < -0.39 is 63.2 Å². The summed E-state index contributed by atoms with van der Waals surface area (Å²) >= 11 is 0. The number of aliphatic hydroxyl groups excluding tert-OH is 1. The Morgan fingerprint density at radius 1 is 1.09 bits per heavy atom. The van der Waals surface area contributed by atoms with E-state index in [0.717, 1.165) is 35.4 Å². The third-order valence-corrected chi connectivity index (χ3v) is 10.2. The Labute approximate surface area is 249 Å². The van der Waals surface area contributed by atoms with Gasteiger partial charge in [-0.15, -0.1) is 0 Å². The average Bonchev–Trinajstić information content (AvgIpc) is 3.62. The van der Waals surface area contributed by atoms with Gasteiger partial charge in [-0.1, -0.05) is 60.1 Å². The minimum atomic E-state index is -4.63. The maximum atomic E-state index is 14.4. The molecule has 0 aromatic heterocycles. The zero-order valence-electron chi connectivity index (χ0n) is 23.6. The quantitative estimate of drug-likeness (QED) is 0.235. The largest absolute Gasteiger partial charge is 0.465 e. The Kier molecular flexibility index (Phi) is 9.94. The fourth-order valence-electron chi connectivity index (χ4n) is 6.37. The van der Waals surface area contributed by atoms with Crippen LogP contribution in [0.25, 0.3) is 0 Å². The van der Waals surface area contributed by atoms with Crippen LogP contribution in [0, 0.1) is 22.0 Å². The van der Waals surface area contributed by atoms with Crippen molar-refractivity contribution in [1.82, 2.24) is 9.79 Å². The molecule has 0 bridgehead atoms. The van der Waals surface area contributed by atoms with Crippen LogP contribution in [0.3, 0.4) is 0 Å². The molecule has 2 saturated heterocycles. The number of fused-ring (bicyclic) bond motifs is 1. The van der Waals surface area contributed by atoms with E-state index in [9.17, 15) is 33.5 Å². The van der Waals surface area contributed by atoms with Crippen LogP contribution in [0.15, 0.2) is 59.5 Å². The Morgan fingerprint density at radius 3 is 2.53 bits per heavy atom. The van der Waals surface area contributed by atoms with Crippen LogP contribution in [0.5, 0.6) is 0 Å². The van der Waals surface area contributed by atoms with Crippen molar-refractivity contribution in [3.8, 4) is 0 Å². The summed E-state index contributed by atoms with van der Waals surface area (Å²) < 4.78 is 41.2. The standard InChI is InChI=1S/C29H37N3O10S/c33-27(25(30-29(34)35)16-19-8-3-1-4-9-19)26(24-18-41-28-23(24)14-15-40-28)32(42-21-11-5-2-6-12-21)43(38,39)22-13-7-10-20(17-22)31(36)37/h1,3-4,7-10,13,17,21,23-28,30,33H,2,5-6,11-12,14-16,18H2,(H,34,35)/t23-,24+,25-,26?,27+,28+/m0/s1. The number of ether oxygens (including phenoxy) is 2. The third kappa shape index (κ3) is 7.16. The number of rotatable bonds is 12. The molecule has 1 unspecified atom stereocenters. The number of benzene rings is 2. The van der Waals surface area contributed by atoms with Crippen molar-refractivity contribution in [3.05, 3.63) is 70.3 Å². The first kappa shape index (κ1) is 31.3. The van der Waals surface area contributed by atoms with Gasteiger partial charge in [0.15, 0.2) is 6.29 Å². The first-order chi connectivity index (χ1) is 20.6. The summed E-state index contributed by atoms with van der Waals surface area (Å²) in [7, 11) is -4.63. The molecule has 1 amide bonds. The van der Waals surface area contributed by atoms with Gasteiger partial charge in [0.2, 0.25) is 0 Å². The molecule has 2 aliphatic heterocycles. The topological polar surface area (TPSA) is 178 Å². The molecule has 5 rings (SSSR count). The summed E-state index contributed by atoms with van der Waals surface area (Å²) in [5, 5.41) is 35.8. The van der Waals surface area contributed by atoms with Gasteiger partial charge in [0.1, 0.15) is 0 Å². The lowest BCUT2D eigenvalue weighted by Crippen LogP contribution is -2.60. The van der Waals surface area contributed by atoms with Crippen molar-refractivity contribution < 1.29 is 42.7 Å². The van der Waals surface area contributed by atoms with Crippen LogP contribution in [-0.4, -0.2) is 77.9 Å². The number of carboxylic acid groups (broad SMARTS) is 1. The Balaban J connectivity index is 1.61. The van der Waals surface area contributed by atoms with E-state index in [1.165, 1.54) is 18.2 Å². The molecule has 2 heterocycles. The lowest BCUT2D eigenvalue weighted by Gasteiger charge is -2.42. The number of amides is 1. The molecule has 234 valence electrons. The summed E-state index contributed by atoms with van der Waals surface area (Å²) in [6.07, 6.45) is 0.331. The zero-order chi connectivity index (χ0) is 30.6. The molecule has 2 aromatic carbocycles. The zero-order valence-corrected chi connectivity index (χ0v) is 24.4. The van der Waals surface area contributed by atoms with Gasteiger partial charge in [0.25, 0.3) is 15.7 Å². The number of nitrogens with one attached hydrogen (secondary N) is 1. The van der Waals surface area contributed by atoms with Gasteiger partial charge in [0, 0.05) is 24.0 Å². The molecular weight excluding hydrogens is 582 g/mol. The third-order valence-electron chi connectivity index (χ3n) is 8.51. The molecule has 0 spiro atoms. The second-order valence-electron chi connectivity index (χ2n) is 11.3. The van der Waals surface area contributed by atoms with Gasteiger partial charge in [0.05, 0.1) is 47.3 Å². The molecule has 43 heavy (non-hydrogen) atoms. The van der Waals surface area contributed by atoms with Crippen LogP contribution >= 0.6 is 0 Å². The van der Waals surface area contributed by atoms with E-state index in [2.05, 4.69) is 5.32 Å². The molecule has 1 saturated carbocycles. The number of sulfonamides is 1. The molecule has 0 radical (unpaired) electrons. The summed E-state index contributed by atoms with van der Waals surface area (Å²) in [4.78, 5) is 28.7. The lowest BCUT2D eigenvalue weighted by atomic mass is 9.82. The van der Waals surface area contributed by atoms with Gasteiger partial charge in [-0.05, 0) is 37.3 Å². The average molecular weight is 620 g/mol. The summed E-state index contributed by atoms with van der Waals surface area (Å²) in [6, 6.07) is 11.2. The molecule has 3 fully saturated rings. The van der Waals surface area contributed by atoms with E-state index in [0.29, 0.717) is 25.9 Å². The molecule has 14 heteroatoms. The maximum Gasteiger partial charge on any atom is 0.404 e. The van der Waals surface area contributed by atoms with Gasteiger partial charge in [-0.25, -0.2) is 13.2 Å². The lowest BCUT2D eigenvalue weighted by molar-refractivity contribution is -0.385. The minimum absolute atomic E-state index is 0.0389. The highest BCUT2D eigenvalue weighted by Crippen LogP contribution is 2.42. The van der Waals surface area contributed by atoms with Crippen molar-refractivity contribution in [2.45, 2.75) is 80.4 Å². The van der Waals surface area contributed by atoms with Crippen molar-refractivity contribution in [2.75, 3.05) is 13.2 Å². The number of carbonyl (C=O) groups is 1. The number of nitro benzene ring substituents is 1. The number of hydroxylamine groups is 1. The van der Waals surface area contributed by atoms with Crippen LogP contribution < -0.4 is 5.32 Å². The molecule has 13 nitrogen and oxygen atoms in total. The van der Waals surface area contributed by atoms with Gasteiger partial charge in [-0.2, -0.15) is 0 Å². The van der Waals surface area contributed by atoms with Crippen LogP contribution in [0.1, 0.15) is 44.1 Å². The number of nitro groups is 1. The summed E-state index contributed by atoms with van der Waals surface area (Å²) in [6.45, 7) is 0.424. The van der Waals surface area contributed by atoms with Crippen molar-refractivity contribution in [2.24, 2.45) is 11.8 Å². The van der Waals surface area contributed by atoms with Gasteiger partial charge < -0.3 is 25.0 Å². The molecule has 1 aliphatic carbocycles. The number of hydrogen-bond donors (Lipinski definition) is 3. The summed E-state index contributed by atoms with van der Waals surface area (Å²) in [5.41, 5.74) is 0.309. The van der Waals surface area contributed by atoms with E-state index >= 15 is 0 Å².